The van der Waals surface area contributed by atoms with Crippen molar-refractivity contribution in [2.75, 3.05) is 14.1 Å². The first-order valence-electron chi connectivity index (χ1n) is 14.5. The lowest BCUT2D eigenvalue weighted by Crippen LogP contribution is -2.74. The summed E-state index contributed by atoms with van der Waals surface area (Å²) in [5.74, 6) is -10.4. The Bertz CT molecular complexity index is 1560. The second kappa shape index (κ2) is 10.9. The van der Waals surface area contributed by atoms with E-state index in [1.165, 1.54) is 11.0 Å². The predicted octanol–water partition coefficient (Wildman–Crippen LogP) is 1.69. The summed E-state index contributed by atoms with van der Waals surface area (Å²) < 4.78 is 0. The lowest BCUT2D eigenvalue weighted by Gasteiger charge is -2.52. The van der Waals surface area contributed by atoms with Gasteiger partial charge in [0.2, 0.25) is 5.91 Å². The Morgan fingerprint density at radius 1 is 1.02 bits per heavy atom. The number of nitrogens with two attached hydrogens (primary N) is 1. The van der Waals surface area contributed by atoms with E-state index < -0.39 is 64.4 Å². The van der Waals surface area contributed by atoms with Crippen molar-refractivity contribution in [2.24, 2.45) is 35.3 Å². The number of aromatic hydroxyl groups is 1. The molecular formula is C33H36N2O8. The van der Waals surface area contributed by atoms with E-state index in [4.69, 9.17) is 5.73 Å². The number of carbonyl (C=O) groups is 6. The largest absolute Gasteiger partial charge is 0.507 e. The number of fused-ring (bicyclic) bond motifs is 3. The molecule has 0 radical (unpaired) electrons. The van der Waals surface area contributed by atoms with Gasteiger partial charge in [-0.15, -0.1) is 0 Å². The van der Waals surface area contributed by atoms with Gasteiger partial charge in [-0.2, -0.15) is 0 Å². The summed E-state index contributed by atoms with van der Waals surface area (Å²) in [5, 5.41) is 22.5. The standard InChI is InChI=1S/C33H36N2O8/c1-15(2)11-19(36)12-16-5-7-17(8-6-16)20-9-10-23(37)25-21(20)13-18-14-22-27(35(3)4)29(39)26(32(34)42)31(41)33(22,43)30(40)24(18)28(25)38/h5-10,15,18,22,24,26-27,37,43H,11-14H2,1-4H3,(H2,34,42)/t18-,22-,24?,26?,27-,33-/m0/s1. The zero-order valence-electron chi connectivity index (χ0n) is 24.6. The molecule has 0 bridgehead atoms. The summed E-state index contributed by atoms with van der Waals surface area (Å²) in [5.41, 5.74) is 5.35. The van der Waals surface area contributed by atoms with Gasteiger partial charge in [0.1, 0.15) is 11.5 Å². The Kier molecular flexibility index (Phi) is 7.73. The van der Waals surface area contributed by atoms with Crippen LogP contribution in [-0.2, 0) is 36.8 Å². The average Bonchev–Trinajstić information content (AvgIpc) is 2.90. The Balaban J connectivity index is 1.54. The number of nitrogens with zero attached hydrogens (tertiary/aromatic N) is 1. The minimum atomic E-state index is -2.76. The number of likely N-dealkylation sites (N-methyl/N-ethyl adjacent to an activating group) is 1. The first-order chi connectivity index (χ1) is 20.2. The fourth-order valence-corrected chi connectivity index (χ4v) is 7.43. The van der Waals surface area contributed by atoms with Crippen molar-refractivity contribution >= 4 is 34.8 Å². The molecule has 1 amide bonds. The maximum absolute atomic E-state index is 14.0. The SMILES string of the molecule is CC(C)CC(=O)Cc1ccc(-c2ccc(O)c3c2C[C@H]2C[C@H]4[C@H](N(C)C)C(=O)C(C(N)=O)C(=O)[C@@]4(O)C(=O)C2C3=O)cc1. The molecule has 2 saturated carbocycles. The number of rotatable bonds is 7. The van der Waals surface area contributed by atoms with Crippen molar-refractivity contribution in [1.82, 2.24) is 4.90 Å². The molecule has 4 N–H and O–H groups in total. The van der Waals surface area contributed by atoms with E-state index in [1.807, 2.05) is 38.1 Å². The van der Waals surface area contributed by atoms with E-state index >= 15 is 0 Å². The molecule has 3 aliphatic carbocycles. The minimum absolute atomic E-state index is 0.0180. The highest BCUT2D eigenvalue weighted by molar-refractivity contribution is 6.32. The lowest BCUT2D eigenvalue weighted by atomic mass is 9.52. The normalized spacial score (nSPS) is 28.5. The third-order valence-corrected chi connectivity index (χ3v) is 9.25. The Morgan fingerprint density at radius 2 is 1.67 bits per heavy atom. The molecule has 0 aromatic heterocycles. The van der Waals surface area contributed by atoms with Gasteiger partial charge in [-0.1, -0.05) is 44.2 Å². The number of benzene rings is 2. The molecule has 2 unspecified atom stereocenters. The van der Waals surface area contributed by atoms with Gasteiger partial charge in [-0.3, -0.25) is 33.7 Å². The zero-order valence-corrected chi connectivity index (χ0v) is 24.6. The Labute approximate surface area is 249 Å². The van der Waals surface area contributed by atoms with Crippen molar-refractivity contribution in [3.05, 3.63) is 53.1 Å². The number of primary amides is 1. The smallest absolute Gasteiger partial charge is 0.235 e. The van der Waals surface area contributed by atoms with Gasteiger partial charge in [0.15, 0.2) is 34.7 Å². The van der Waals surface area contributed by atoms with E-state index in [-0.39, 0.29) is 35.9 Å². The van der Waals surface area contributed by atoms with Crippen LogP contribution in [-0.4, -0.2) is 75.7 Å². The molecule has 2 aromatic rings. The van der Waals surface area contributed by atoms with Crippen LogP contribution >= 0.6 is 0 Å². The summed E-state index contributed by atoms with van der Waals surface area (Å²) in [4.78, 5) is 80.5. The highest BCUT2D eigenvalue weighted by atomic mass is 16.3. The molecule has 43 heavy (non-hydrogen) atoms. The number of aliphatic hydroxyl groups is 1. The van der Waals surface area contributed by atoms with Crippen LogP contribution in [0.4, 0.5) is 0 Å². The molecule has 0 saturated heterocycles. The summed E-state index contributed by atoms with van der Waals surface area (Å²) >= 11 is 0. The van der Waals surface area contributed by atoms with Crippen molar-refractivity contribution < 1.29 is 39.0 Å². The Hall–Kier alpha value is -4.02. The minimum Gasteiger partial charge on any atom is -0.507 e. The third kappa shape index (κ3) is 4.82. The third-order valence-electron chi connectivity index (χ3n) is 9.25. The van der Waals surface area contributed by atoms with Gasteiger partial charge < -0.3 is 15.9 Å². The molecule has 3 aliphatic rings. The lowest BCUT2D eigenvalue weighted by molar-refractivity contribution is -0.181. The molecule has 0 spiro atoms. The molecule has 2 fully saturated rings. The van der Waals surface area contributed by atoms with Crippen molar-refractivity contribution in [3.63, 3.8) is 0 Å². The monoisotopic (exact) mass is 588 g/mol. The highest BCUT2D eigenvalue weighted by Crippen LogP contribution is 2.51. The van der Waals surface area contributed by atoms with Crippen LogP contribution in [0.15, 0.2) is 36.4 Å². The Morgan fingerprint density at radius 3 is 2.26 bits per heavy atom. The fourth-order valence-electron chi connectivity index (χ4n) is 7.43. The second-order valence-corrected chi connectivity index (χ2v) is 12.8. The maximum atomic E-state index is 14.0. The fraction of sp³-hybridized carbons (Fsp3) is 0.455. The number of Topliss-reactive ketones (excluding diaryl/α,β-unsaturated/α-hetero) is 5. The van der Waals surface area contributed by atoms with Crippen molar-refractivity contribution in [2.45, 2.75) is 51.2 Å². The first-order valence-corrected chi connectivity index (χ1v) is 14.5. The van der Waals surface area contributed by atoms with Crippen LogP contribution < -0.4 is 5.73 Å². The summed E-state index contributed by atoms with van der Waals surface area (Å²) in [6.45, 7) is 3.98. The molecule has 6 atom stereocenters. The highest BCUT2D eigenvalue weighted by Gasteiger charge is 2.69. The van der Waals surface area contributed by atoms with Crippen LogP contribution in [0.25, 0.3) is 11.1 Å². The first kappa shape index (κ1) is 30.4. The molecule has 2 aromatic carbocycles. The molecule has 5 rings (SSSR count). The van der Waals surface area contributed by atoms with E-state index in [2.05, 4.69) is 0 Å². The summed E-state index contributed by atoms with van der Waals surface area (Å²) in [6, 6.07) is 9.28. The van der Waals surface area contributed by atoms with Gasteiger partial charge in [0.05, 0.1) is 17.5 Å². The molecule has 10 heteroatoms. The topological polar surface area (TPSA) is 172 Å². The van der Waals surface area contributed by atoms with Gasteiger partial charge >= 0.3 is 0 Å². The number of amides is 1. The van der Waals surface area contributed by atoms with Gasteiger partial charge in [-0.05, 0) is 67.1 Å². The number of carbonyl (C=O) groups excluding carboxylic acids is 6. The maximum Gasteiger partial charge on any atom is 0.235 e. The van der Waals surface area contributed by atoms with E-state index in [9.17, 15) is 39.0 Å². The number of hydrogen-bond acceptors (Lipinski definition) is 9. The number of phenols is 1. The molecule has 0 heterocycles. The van der Waals surface area contributed by atoms with Crippen LogP contribution in [0.1, 0.15) is 48.2 Å². The van der Waals surface area contributed by atoms with Crippen LogP contribution in [0.3, 0.4) is 0 Å². The van der Waals surface area contributed by atoms with E-state index in [0.717, 1.165) is 11.1 Å². The van der Waals surface area contributed by atoms with Gasteiger partial charge in [0.25, 0.3) is 0 Å². The van der Waals surface area contributed by atoms with Crippen LogP contribution in [0, 0.1) is 29.6 Å². The summed E-state index contributed by atoms with van der Waals surface area (Å²) in [7, 11) is 3.09. The predicted molar refractivity (Wildman–Crippen MR) is 155 cm³/mol. The number of hydrogen-bond donors (Lipinski definition) is 3. The number of phenolic OH excluding ortho intramolecular Hbond substituents is 1. The van der Waals surface area contributed by atoms with Crippen LogP contribution in [0.5, 0.6) is 5.75 Å². The molecule has 10 nitrogen and oxygen atoms in total. The number of ketones is 5. The second-order valence-electron chi connectivity index (χ2n) is 12.8. The molecule has 0 aliphatic heterocycles. The van der Waals surface area contributed by atoms with Crippen molar-refractivity contribution in [3.8, 4) is 16.9 Å². The zero-order chi connectivity index (χ0) is 31.5. The van der Waals surface area contributed by atoms with Crippen LogP contribution in [0.2, 0.25) is 0 Å². The van der Waals surface area contributed by atoms with Crippen molar-refractivity contribution in [1.29, 1.82) is 0 Å². The molecular weight excluding hydrogens is 552 g/mol. The van der Waals surface area contributed by atoms with E-state index in [0.29, 0.717) is 24.0 Å². The van der Waals surface area contributed by atoms with Gasteiger partial charge in [0, 0.05) is 18.8 Å². The van der Waals surface area contributed by atoms with E-state index in [1.54, 1.807) is 20.2 Å². The quantitative estimate of drug-likeness (QED) is 0.407. The molecule has 226 valence electrons. The van der Waals surface area contributed by atoms with Gasteiger partial charge in [-0.25, -0.2) is 0 Å². The summed E-state index contributed by atoms with van der Waals surface area (Å²) in [6.07, 6.45) is 0.948. The average molecular weight is 589 g/mol.